The summed E-state index contributed by atoms with van der Waals surface area (Å²) in [5, 5.41) is 7.94. The Kier molecular flexibility index (Phi) is 3.40. The maximum atomic E-state index is 12.5. The fourth-order valence-corrected chi connectivity index (χ4v) is 2.51. The molecule has 0 saturated carbocycles. The standard InChI is InChI=1S/C15H16N4O/c1-2-7-18-8-10-19(11-9-18)15(20)14-12-5-3-4-6-13(12)16-17-14/h1,3-6H,7-11H2,(H,16,17). The van der Waals surface area contributed by atoms with Crippen LogP contribution in [0, 0.1) is 12.3 Å². The highest BCUT2D eigenvalue weighted by atomic mass is 16.2. The molecular weight excluding hydrogens is 252 g/mol. The molecule has 1 amide bonds. The zero-order valence-corrected chi connectivity index (χ0v) is 11.2. The lowest BCUT2D eigenvalue weighted by Crippen LogP contribution is -2.48. The van der Waals surface area contributed by atoms with Crippen LogP contribution in [0.4, 0.5) is 0 Å². The monoisotopic (exact) mass is 268 g/mol. The van der Waals surface area contributed by atoms with E-state index in [1.165, 1.54) is 0 Å². The van der Waals surface area contributed by atoms with Gasteiger partial charge < -0.3 is 4.90 Å². The molecule has 5 heteroatoms. The molecule has 2 heterocycles. The van der Waals surface area contributed by atoms with Gasteiger partial charge in [-0.2, -0.15) is 5.10 Å². The minimum absolute atomic E-state index is 0.0113. The van der Waals surface area contributed by atoms with E-state index in [4.69, 9.17) is 6.42 Å². The number of benzene rings is 1. The number of carbonyl (C=O) groups is 1. The Morgan fingerprint density at radius 1 is 1.30 bits per heavy atom. The molecule has 1 aliphatic rings. The summed E-state index contributed by atoms with van der Waals surface area (Å²) < 4.78 is 0. The van der Waals surface area contributed by atoms with Gasteiger partial charge in [0.15, 0.2) is 5.69 Å². The predicted molar refractivity (Wildman–Crippen MR) is 77.3 cm³/mol. The summed E-state index contributed by atoms with van der Waals surface area (Å²) in [4.78, 5) is 16.5. The average Bonchev–Trinajstić information content (AvgIpc) is 2.92. The number of nitrogens with one attached hydrogen (secondary N) is 1. The van der Waals surface area contributed by atoms with E-state index < -0.39 is 0 Å². The van der Waals surface area contributed by atoms with Crippen molar-refractivity contribution in [2.75, 3.05) is 32.7 Å². The Balaban J connectivity index is 1.76. The molecule has 2 aromatic rings. The van der Waals surface area contributed by atoms with Gasteiger partial charge in [-0.3, -0.25) is 14.8 Å². The molecule has 0 aliphatic carbocycles. The Hall–Kier alpha value is -2.32. The SMILES string of the molecule is C#CCN1CCN(C(=O)c2n[nH]c3ccccc23)CC1. The van der Waals surface area contributed by atoms with E-state index in [0.717, 1.165) is 24.0 Å². The Bertz CT molecular complexity index is 662. The smallest absolute Gasteiger partial charge is 0.275 e. The number of carbonyl (C=O) groups excluding carboxylic acids is 1. The first-order valence-electron chi connectivity index (χ1n) is 6.68. The summed E-state index contributed by atoms with van der Waals surface area (Å²) in [5.74, 6) is 2.63. The van der Waals surface area contributed by atoms with Gasteiger partial charge in [-0.05, 0) is 6.07 Å². The van der Waals surface area contributed by atoms with Crippen LogP contribution >= 0.6 is 0 Å². The van der Waals surface area contributed by atoms with E-state index in [0.29, 0.717) is 25.3 Å². The quantitative estimate of drug-likeness (QED) is 0.825. The van der Waals surface area contributed by atoms with Crippen molar-refractivity contribution >= 4 is 16.8 Å². The lowest BCUT2D eigenvalue weighted by Gasteiger charge is -2.33. The molecule has 5 nitrogen and oxygen atoms in total. The predicted octanol–water partition coefficient (Wildman–Crippen LogP) is 0.954. The number of fused-ring (bicyclic) bond motifs is 1. The number of para-hydroxylation sites is 1. The average molecular weight is 268 g/mol. The van der Waals surface area contributed by atoms with Crippen LogP contribution in [-0.2, 0) is 0 Å². The number of hydrogen-bond acceptors (Lipinski definition) is 3. The normalized spacial score (nSPS) is 16.2. The third-order valence-corrected chi connectivity index (χ3v) is 3.65. The fraction of sp³-hybridized carbons (Fsp3) is 0.333. The molecule has 0 atom stereocenters. The maximum Gasteiger partial charge on any atom is 0.275 e. The van der Waals surface area contributed by atoms with Gasteiger partial charge in [0, 0.05) is 31.6 Å². The van der Waals surface area contributed by atoms with E-state index in [2.05, 4.69) is 21.0 Å². The number of piperazine rings is 1. The summed E-state index contributed by atoms with van der Waals surface area (Å²) >= 11 is 0. The molecule has 0 spiro atoms. The van der Waals surface area contributed by atoms with Crippen molar-refractivity contribution in [2.24, 2.45) is 0 Å². The summed E-state index contributed by atoms with van der Waals surface area (Å²) in [6.07, 6.45) is 5.31. The van der Waals surface area contributed by atoms with Gasteiger partial charge in [0.25, 0.3) is 5.91 Å². The summed E-state index contributed by atoms with van der Waals surface area (Å²) in [7, 11) is 0. The Morgan fingerprint density at radius 3 is 2.80 bits per heavy atom. The molecule has 3 rings (SSSR count). The van der Waals surface area contributed by atoms with Crippen molar-refractivity contribution in [3.05, 3.63) is 30.0 Å². The van der Waals surface area contributed by atoms with Gasteiger partial charge in [0.05, 0.1) is 12.1 Å². The third kappa shape index (κ3) is 2.26. The van der Waals surface area contributed by atoms with Crippen LogP contribution in [0.1, 0.15) is 10.5 Å². The summed E-state index contributed by atoms with van der Waals surface area (Å²) in [6.45, 7) is 3.67. The van der Waals surface area contributed by atoms with E-state index >= 15 is 0 Å². The highest BCUT2D eigenvalue weighted by molar-refractivity contribution is 6.04. The van der Waals surface area contributed by atoms with Crippen LogP contribution in [0.3, 0.4) is 0 Å². The maximum absolute atomic E-state index is 12.5. The van der Waals surface area contributed by atoms with E-state index in [1.807, 2.05) is 29.2 Å². The minimum atomic E-state index is -0.0113. The van der Waals surface area contributed by atoms with Gasteiger partial charge >= 0.3 is 0 Å². The molecule has 0 unspecified atom stereocenters. The second kappa shape index (κ2) is 5.35. The molecule has 1 aromatic carbocycles. The van der Waals surface area contributed by atoms with Gasteiger partial charge in [-0.25, -0.2) is 0 Å². The number of hydrogen-bond donors (Lipinski definition) is 1. The largest absolute Gasteiger partial charge is 0.335 e. The highest BCUT2D eigenvalue weighted by Crippen LogP contribution is 2.17. The van der Waals surface area contributed by atoms with Crippen LogP contribution in [0.25, 0.3) is 10.9 Å². The lowest BCUT2D eigenvalue weighted by molar-refractivity contribution is 0.0648. The topological polar surface area (TPSA) is 52.2 Å². The molecule has 102 valence electrons. The van der Waals surface area contributed by atoms with Gasteiger partial charge in [-0.15, -0.1) is 6.42 Å². The van der Waals surface area contributed by atoms with E-state index in [9.17, 15) is 4.79 Å². The first-order valence-corrected chi connectivity index (χ1v) is 6.68. The van der Waals surface area contributed by atoms with Gasteiger partial charge in [-0.1, -0.05) is 24.1 Å². The van der Waals surface area contributed by atoms with Gasteiger partial charge in [0.2, 0.25) is 0 Å². The number of aromatic amines is 1. The second-order valence-electron chi connectivity index (χ2n) is 4.89. The minimum Gasteiger partial charge on any atom is -0.335 e. The Labute approximate surface area is 117 Å². The molecule has 1 aromatic heterocycles. The van der Waals surface area contributed by atoms with Crippen molar-refractivity contribution in [3.63, 3.8) is 0 Å². The molecule has 1 aliphatic heterocycles. The number of terminal acetylenes is 1. The van der Waals surface area contributed by atoms with Crippen LogP contribution in [0.2, 0.25) is 0 Å². The van der Waals surface area contributed by atoms with E-state index in [1.54, 1.807) is 0 Å². The second-order valence-corrected chi connectivity index (χ2v) is 4.89. The third-order valence-electron chi connectivity index (χ3n) is 3.65. The molecule has 0 bridgehead atoms. The summed E-state index contributed by atoms with van der Waals surface area (Å²) in [5.41, 5.74) is 1.40. The number of aromatic nitrogens is 2. The van der Waals surface area contributed by atoms with Crippen LogP contribution in [-0.4, -0.2) is 58.6 Å². The number of H-pyrrole nitrogens is 1. The fourth-order valence-electron chi connectivity index (χ4n) is 2.51. The molecule has 0 radical (unpaired) electrons. The number of amides is 1. The molecule has 20 heavy (non-hydrogen) atoms. The molecule has 1 fully saturated rings. The zero-order valence-electron chi connectivity index (χ0n) is 11.2. The van der Waals surface area contributed by atoms with Crippen LogP contribution in [0.15, 0.2) is 24.3 Å². The molecule has 1 N–H and O–H groups in total. The van der Waals surface area contributed by atoms with Crippen molar-refractivity contribution in [3.8, 4) is 12.3 Å². The van der Waals surface area contributed by atoms with E-state index in [-0.39, 0.29) is 5.91 Å². The van der Waals surface area contributed by atoms with Crippen molar-refractivity contribution < 1.29 is 4.79 Å². The van der Waals surface area contributed by atoms with Gasteiger partial charge in [0.1, 0.15) is 0 Å². The Morgan fingerprint density at radius 2 is 2.05 bits per heavy atom. The van der Waals surface area contributed by atoms with Crippen molar-refractivity contribution in [1.29, 1.82) is 0 Å². The van der Waals surface area contributed by atoms with Crippen molar-refractivity contribution in [1.82, 2.24) is 20.0 Å². The number of nitrogens with zero attached hydrogens (tertiary/aromatic N) is 3. The highest BCUT2D eigenvalue weighted by Gasteiger charge is 2.24. The first-order chi connectivity index (χ1) is 9.79. The number of rotatable bonds is 2. The van der Waals surface area contributed by atoms with Crippen molar-refractivity contribution in [2.45, 2.75) is 0 Å². The van der Waals surface area contributed by atoms with Crippen LogP contribution < -0.4 is 0 Å². The first kappa shape index (κ1) is 12.7. The molecule has 1 saturated heterocycles. The summed E-state index contributed by atoms with van der Waals surface area (Å²) in [6, 6.07) is 7.68. The molecular formula is C15H16N4O. The lowest BCUT2D eigenvalue weighted by atomic mass is 10.2. The zero-order chi connectivity index (χ0) is 13.9. The van der Waals surface area contributed by atoms with Crippen LogP contribution in [0.5, 0.6) is 0 Å².